The molecule has 0 fully saturated rings. The first-order valence-corrected chi connectivity index (χ1v) is 8.24. The van der Waals surface area contributed by atoms with Crippen molar-refractivity contribution in [3.8, 4) is 0 Å². The molecule has 0 aromatic carbocycles. The summed E-state index contributed by atoms with van der Waals surface area (Å²) >= 11 is 1.72. The maximum Gasteiger partial charge on any atom is 0.255 e. The van der Waals surface area contributed by atoms with E-state index in [0.29, 0.717) is 12.1 Å². The molecule has 0 saturated heterocycles. The molecule has 1 N–H and O–H groups in total. The third-order valence-electron chi connectivity index (χ3n) is 3.67. The van der Waals surface area contributed by atoms with Crippen molar-refractivity contribution in [3.63, 3.8) is 0 Å². The van der Waals surface area contributed by atoms with Crippen LogP contribution in [0.4, 0.5) is 0 Å². The summed E-state index contributed by atoms with van der Waals surface area (Å²) in [5.74, 6) is -0.0485. The summed E-state index contributed by atoms with van der Waals surface area (Å²) < 4.78 is 2.16. The molecule has 5 heteroatoms. The van der Waals surface area contributed by atoms with Crippen LogP contribution in [0.25, 0.3) is 0 Å². The monoisotopic (exact) mass is 320 g/mol. The molecule has 2 rings (SSSR count). The van der Waals surface area contributed by atoms with Gasteiger partial charge in [0.2, 0.25) is 0 Å². The summed E-state index contributed by atoms with van der Waals surface area (Å²) in [6, 6.07) is 6.08. The van der Waals surface area contributed by atoms with Crippen LogP contribution in [0.5, 0.6) is 0 Å². The number of thiophene rings is 1. The number of aliphatic hydroxyl groups is 1. The molecule has 0 aliphatic heterocycles. The van der Waals surface area contributed by atoms with Crippen molar-refractivity contribution in [1.29, 1.82) is 0 Å². The molecule has 0 aliphatic rings. The van der Waals surface area contributed by atoms with Gasteiger partial charge in [-0.2, -0.15) is 0 Å². The van der Waals surface area contributed by atoms with Crippen LogP contribution in [-0.4, -0.2) is 39.7 Å². The number of rotatable bonds is 5. The molecule has 2 aromatic rings. The summed E-state index contributed by atoms with van der Waals surface area (Å²) in [5, 5.41) is 11.9. The minimum Gasteiger partial charge on any atom is -0.389 e. The second kappa shape index (κ2) is 6.26. The van der Waals surface area contributed by atoms with E-state index in [1.54, 1.807) is 37.1 Å². The molecule has 4 nitrogen and oxygen atoms in total. The molecule has 2 aromatic heterocycles. The Hall–Kier alpha value is -1.59. The topological polar surface area (TPSA) is 45.5 Å². The van der Waals surface area contributed by atoms with Gasteiger partial charge in [-0.25, -0.2) is 0 Å². The van der Waals surface area contributed by atoms with Crippen LogP contribution < -0.4 is 0 Å². The molecule has 0 aliphatic carbocycles. The van der Waals surface area contributed by atoms with E-state index in [1.165, 1.54) is 4.88 Å². The molecular weight excluding hydrogens is 296 g/mol. The molecule has 120 valence electrons. The number of carbonyl (C=O) groups is 1. The zero-order chi connectivity index (χ0) is 16.5. The van der Waals surface area contributed by atoms with E-state index in [2.05, 4.69) is 16.0 Å². The number of amides is 1. The van der Waals surface area contributed by atoms with E-state index in [0.717, 1.165) is 17.9 Å². The second-order valence-electron chi connectivity index (χ2n) is 6.42. The standard InChI is InChI=1S/C17H24N2O2S/c1-12-9-15(16(20)18(5)11-17(3,4)21)13(2)19(12)10-14-7-6-8-22-14/h6-9,21H,10-11H2,1-5H3. The Bertz CT molecular complexity index is 651. The van der Waals surface area contributed by atoms with Gasteiger partial charge in [0.15, 0.2) is 0 Å². The Balaban J connectivity index is 2.24. The SMILES string of the molecule is Cc1cc(C(=O)N(C)CC(C)(C)O)c(C)n1Cc1cccs1. The predicted octanol–water partition coefficient (Wildman–Crippen LogP) is 3.06. The van der Waals surface area contributed by atoms with E-state index in [4.69, 9.17) is 0 Å². The van der Waals surface area contributed by atoms with E-state index >= 15 is 0 Å². The molecule has 0 atom stereocenters. The molecule has 1 amide bonds. The van der Waals surface area contributed by atoms with Crippen molar-refractivity contribution < 1.29 is 9.90 Å². The van der Waals surface area contributed by atoms with E-state index < -0.39 is 5.60 Å². The van der Waals surface area contributed by atoms with Crippen molar-refractivity contribution >= 4 is 17.2 Å². The van der Waals surface area contributed by atoms with Gasteiger partial charge in [-0.15, -0.1) is 11.3 Å². The van der Waals surface area contributed by atoms with Crippen LogP contribution in [0.15, 0.2) is 23.6 Å². The number of carbonyl (C=O) groups excluding carboxylic acids is 1. The van der Waals surface area contributed by atoms with Crippen LogP contribution in [0.2, 0.25) is 0 Å². The maximum atomic E-state index is 12.6. The van der Waals surface area contributed by atoms with Crippen LogP contribution in [-0.2, 0) is 6.54 Å². The molecule has 0 unspecified atom stereocenters. The number of hydrogen-bond donors (Lipinski definition) is 1. The first-order valence-electron chi connectivity index (χ1n) is 7.36. The lowest BCUT2D eigenvalue weighted by molar-refractivity contribution is 0.0367. The van der Waals surface area contributed by atoms with Crippen molar-refractivity contribution in [2.24, 2.45) is 0 Å². The third kappa shape index (κ3) is 3.78. The van der Waals surface area contributed by atoms with E-state index in [-0.39, 0.29) is 5.91 Å². The summed E-state index contributed by atoms with van der Waals surface area (Å²) in [6.45, 7) is 8.51. The van der Waals surface area contributed by atoms with Gasteiger partial charge >= 0.3 is 0 Å². The van der Waals surface area contributed by atoms with Gasteiger partial charge in [0.05, 0.1) is 17.7 Å². The minimum atomic E-state index is -0.896. The molecule has 0 spiro atoms. The highest BCUT2D eigenvalue weighted by Crippen LogP contribution is 2.21. The lowest BCUT2D eigenvalue weighted by atomic mass is 10.1. The largest absolute Gasteiger partial charge is 0.389 e. The van der Waals surface area contributed by atoms with Gasteiger partial charge in [-0.05, 0) is 45.2 Å². The molecule has 22 heavy (non-hydrogen) atoms. The zero-order valence-corrected chi connectivity index (χ0v) is 14.7. The number of nitrogens with zero attached hydrogens (tertiary/aromatic N) is 2. The molecular formula is C17H24N2O2S. The summed E-state index contributed by atoms with van der Waals surface area (Å²) in [7, 11) is 1.73. The van der Waals surface area contributed by atoms with Gasteiger partial charge in [0.1, 0.15) is 0 Å². The van der Waals surface area contributed by atoms with Crippen LogP contribution >= 0.6 is 11.3 Å². The predicted molar refractivity (Wildman–Crippen MR) is 90.6 cm³/mol. The summed E-state index contributed by atoms with van der Waals surface area (Å²) in [4.78, 5) is 15.5. The Morgan fingerprint density at radius 2 is 2.09 bits per heavy atom. The van der Waals surface area contributed by atoms with Crippen LogP contribution in [0, 0.1) is 13.8 Å². The van der Waals surface area contributed by atoms with Crippen molar-refractivity contribution in [1.82, 2.24) is 9.47 Å². The quantitative estimate of drug-likeness (QED) is 0.920. The van der Waals surface area contributed by atoms with Gasteiger partial charge in [0, 0.05) is 29.9 Å². The number of aryl methyl sites for hydroxylation is 1. The van der Waals surface area contributed by atoms with Gasteiger partial charge in [-0.1, -0.05) is 6.07 Å². The third-order valence-corrected chi connectivity index (χ3v) is 4.53. The van der Waals surface area contributed by atoms with Gasteiger partial charge in [-0.3, -0.25) is 4.79 Å². The molecule has 0 radical (unpaired) electrons. The van der Waals surface area contributed by atoms with Crippen LogP contribution in [0.1, 0.15) is 40.5 Å². The fraction of sp³-hybridized carbons (Fsp3) is 0.471. The Morgan fingerprint density at radius 3 is 2.64 bits per heavy atom. The summed E-state index contributed by atoms with van der Waals surface area (Å²) in [6.07, 6.45) is 0. The Kier molecular flexibility index (Phi) is 4.78. The van der Waals surface area contributed by atoms with E-state index in [9.17, 15) is 9.90 Å². The first-order chi connectivity index (χ1) is 10.2. The van der Waals surface area contributed by atoms with Crippen molar-refractivity contribution in [2.45, 2.75) is 39.8 Å². The lowest BCUT2D eigenvalue weighted by Crippen LogP contribution is -2.39. The second-order valence-corrected chi connectivity index (χ2v) is 7.46. The number of aromatic nitrogens is 1. The highest BCUT2D eigenvalue weighted by molar-refractivity contribution is 7.09. The number of likely N-dealkylation sites (N-methyl/N-ethyl adjacent to an activating group) is 1. The fourth-order valence-electron chi connectivity index (χ4n) is 2.68. The lowest BCUT2D eigenvalue weighted by Gasteiger charge is -2.25. The van der Waals surface area contributed by atoms with Crippen molar-refractivity contribution in [2.75, 3.05) is 13.6 Å². The fourth-order valence-corrected chi connectivity index (χ4v) is 3.37. The van der Waals surface area contributed by atoms with Gasteiger partial charge < -0.3 is 14.6 Å². The average Bonchev–Trinajstić information content (AvgIpc) is 2.99. The molecule has 0 saturated carbocycles. The van der Waals surface area contributed by atoms with E-state index in [1.807, 2.05) is 26.0 Å². The minimum absolute atomic E-state index is 0.0485. The highest BCUT2D eigenvalue weighted by atomic mass is 32.1. The Morgan fingerprint density at radius 1 is 1.41 bits per heavy atom. The van der Waals surface area contributed by atoms with Gasteiger partial charge in [0.25, 0.3) is 5.91 Å². The molecule has 2 heterocycles. The summed E-state index contributed by atoms with van der Waals surface area (Å²) in [5.41, 5.74) is 1.86. The van der Waals surface area contributed by atoms with Crippen molar-refractivity contribution in [3.05, 3.63) is 45.4 Å². The number of hydrogen-bond acceptors (Lipinski definition) is 3. The highest BCUT2D eigenvalue weighted by Gasteiger charge is 2.23. The average molecular weight is 320 g/mol. The first kappa shape index (κ1) is 16.8. The Labute approximate surface area is 136 Å². The molecule has 0 bridgehead atoms. The normalized spacial score (nSPS) is 11.7. The maximum absolute atomic E-state index is 12.6. The van der Waals surface area contributed by atoms with Crippen LogP contribution in [0.3, 0.4) is 0 Å². The smallest absolute Gasteiger partial charge is 0.255 e. The zero-order valence-electron chi connectivity index (χ0n) is 13.9.